The Balaban J connectivity index is 1.41. The number of benzene rings is 5. The van der Waals surface area contributed by atoms with Gasteiger partial charge in [-0.1, -0.05) is 105 Å². The predicted octanol–water partition coefficient (Wildman–Crippen LogP) is 12.4. The smallest absolute Gasteiger partial charge is 0.497 e. The summed E-state index contributed by atoms with van der Waals surface area (Å²) in [6.45, 7) is 19.5. The van der Waals surface area contributed by atoms with Crippen LogP contribution in [0.2, 0.25) is 0 Å². The van der Waals surface area contributed by atoms with Gasteiger partial charge in [-0.25, -0.2) is 0 Å². The SMILES string of the molecule is COc1cc(-c2cc(OC)cc(C(C)(C)C)c2OP2Oc3ccccc3-c3ccccc32)c(OP2Oc3ccc(C(C)(C)C)cc3O2)c(C(C)(C)C)c1. The fourth-order valence-electron chi connectivity index (χ4n) is 6.48. The maximum atomic E-state index is 7.23. The van der Waals surface area contributed by atoms with Crippen LogP contribution >= 0.6 is 17.0 Å². The lowest BCUT2D eigenvalue weighted by Crippen LogP contribution is -2.20. The monoisotopic (exact) mass is 750 g/mol. The molecule has 2 atom stereocenters. The van der Waals surface area contributed by atoms with Gasteiger partial charge in [0.15, 0.2) is 11.5 Å². The summed E-state index contributed by atoms with van der Waals surface area (Å²) in [5, 5.41) is 1.00. The predicted molar refractivity (Wildman–Crippen MR) is 216 cm³/mol. The maximum absolute atomic E-state index is 7.23. The average molecular weight is 751 g/mol. The highest BCUT2D eigenvalue weighted by Crippen LogP contribution is 2.59. The molecule has 2 aliphatic heterocycles. The molecule has 0 amide bonds. The number of hydrogen-bond donors (Lipinski definition) is 0. The third-order valence-corrected chi connectivity index (χ3v) is 12.0. The van der Waals surface area contributed by atoms with E-state index in [0.717, 1.165) is 50.0 Å². The van der Waals surface area contributed by atoms with Gasteiger partial charge in [-0.15, -0.1) is 0 Å². The minimum Gasteiger partial charge on any atom is -0.497 e. The van der Waals surface area contributed by atoms with Gasteiger partial charge in [-0.2, -0.15) is 0 Å². The van der Waals surface area contributed by atoms with Gasteiger partial charge in [0.2, 0.25) is 0 Å². The van der Waals surface area contributed by atoms with E-state index in [1.165, 1.54) is 0 Å². The van der Waals surface area contributed by atoms with Crippen LogP contribution in [0.4, 0.5) is 0 Å². The van der Waals surface area contributed by atoms with Crippen molar-refractivity contribution in [2.45, 2.75) is 78.6 Å². The zero-order valence-electron chi connectivity index (χ0n) is 32.4. The molecule has 0 saturated carbocycles. The van der Waals surface area contributed by atoms with Crippen LogP contribution in [0.15, 0.2) is 91.0 Å². The average Bonchev–Trinajstić information content (AvgIpc) is 3.52. The minimum absolute atomic E-state index is 0.0487. The summed E-state index contributed by atoms with van der Waals surface area (Å²) in [4.78, 5) is 0. The summed E-state index contributed by atoms with van der Waals surface area (Å²) in [7, 11) is -0.0815. The molecule has 0 bridgehead atoms. The Bertz CT molecular complexity index is 2180. The van der Waals surface area contributed by atoms with Crippen LogP contribution in [0.25, 0.3) is 22.3 Å². The maximum Gasteiger partial charge on any atom is 0.530 e. The number of methoxy groups -OCH3 is 2. The van der Waals surface area contributed by atoms with Crippen molar-refractivity contribution in [3.05, 3.63) is 108 Å². The number of ether oxygens (including phenoxy) is 2. The van der Waals surface area contributed by atoms with Gasteiger partial charge in [0.1, 0.15) is 28.7 Å². The van der Waals surface area contributed by atoms with Crippen molar-refractivity contribution in [2.24, 2.45) is 0 Å². The molecule has 0 radical (unpaired) electrons. The van der Waals surface area contributed by atoms with Crippen LogP contribution < -0.4 is 37.4 Å². The Morgan fingerprint density at radius 1 is 0.472 bits per heavy atom. The molecule has 2 heterocycles. The molecule has 5 aromatic carbocycles. The van der Waals surface area contributed by atoms with E-state index in [2.05, 4.69) is 98.7 Å². The summed E-state index contributed by atoms with van der Waals surface area (Å²) < 4.78 is 45.6. The van der Waals surface area contributed by atoms with E-state index in [0.29, 0.717) is 34.5 Å². The Morgan fingerprint density at radius 3 is 1.60 bits per heavy atom. The third kappa shape index (κ3) is 7.27. The highest BCUT2D eigenvalue weighted by Gasteiger charge is 2.37. The van der Waals surface area contributed by atoms with Crippen molar-refractivity contribution in [1.29, 1.82) is 0 Å². The number of hydrogen-bond acceptors (Lipinski definition) is 7. The fourth-order valence-corrected chi connectivity index (χ4v) is 9.09. The summed E-state index contributed by atoms with van der Waals surface area (Å²) >= 11 is 0. The van der Waals surface area contributed by atoms with Gasteiger partial charge in [0, 0.05) is 27.8 Å². The molecule has 9 heteroatoms. The molecule has 0 N–H and O–H groups in total. The molecule has 0 aliphatic carbocycles. The van der Waals surface area contributed by atoms with E-state index in [9.17, 15) is 0 Å². The Hall–Kier alpha value is -4.44. The summed E-state index contributed by atoms with van der Waals surface area (Å²) in [6.07, 6.45) is 0. The molecule has 2 unspecified atom stereocenters. The highest BCUT2D eigenvalue weighted by atomic mass is 31.2. The van der Waals surface area contributed by atoms with Crippen molar-refractivity contribution in [1.82, 2.24) is 0 Å². The zero-order valence-corrected chi connectivity index (χ0v) is 34.2. The highest BCUT2D eigenvalue weighted by molar-refractivity contribution is 7.57. The van der Waals surface area contributed by atoms with Crippen molar-refractivity contribution in [3.63, 3.8) is 0 Å². The van der Waals surface area contributed by atoms with E-state index in [1.54, 1.807) is 14.2 Å². The van der Waals surface area contributed by atoms with E-state index in [4.69, 9.17) is 32.1 Å². The quantitative estimate of drug-likeness (QED) is 0.153. The molecular weight excluding hydrogens is 702 g/mol. The molecule has 0 fully saturated rings. The van der Waals surface area contributed by atoms with Crippen molar-refractivity contribution < 1.29 is 32.1 Å². The van der Waals surface area contributed by atoms with Crippen molar-refractivity contribution in [3.8, 4) is 62.5 Å². The van der Waals surface area contributed by atoms with Gasteiger partial charge in [0.05, 0.1) is 19.5 Å². The third-order valence-electron chi connectivity index (χ3n) is 9.46. The molecule has 276 valence electrons. The lowest BCUT2D eigenvalue weighted by molar-refractivity contribution is 0.405. The molecule has 0 aromatic heterocycles. The van der Waals surface area contributed by atoms with E-state index >= 15 is 0 Å². The first-order valence-corrected chi connectivity index (χ1v) is 20.1. The molecule has 0 spiro atoms. The Morgan fingerprint density at radius 2 is 1.02 bits per heavy atom. The van der Waals surface area contributed by atoms with E-state index in [1.807, 2.05) is 54.6 Å². The van der Waals surface area contributed by atoms with Crippen LogP contribution in [0.1, 0.15) is 79.0 Å². The lowest BCUT2D eigenvalue weighted by Gasteiger charge is -2.32. The minimum atomic E-state index is -1.85. The second kappa shape index (κ2) is 13.8. The van der Waals surface area contributed by atoms with Crippen LogP contribution in [-0.2, 0) is 16.2 Å². The molecule has 7 rings (SSSR count). The van der Waals surface area contributed by atoms with E-state index in [-0.39, 0.29) is 16.2 Å². The van der Waals surface area contributed by atoms with E-state index < -0.39 is 17.0 Å². The number of para-hydroxylation sites is 1. The van der Waals surface area contributed by atoms with Crippen LogP contribution in [0.5, 0.6) is 40.2 Å². The first kappa shape index (κ1) is 36.9. The molecule has 7 nitrogen and oxygen atoms in total. The fraction of sp³-hybridized carbons (Fsp3) is 0.318. The van der Waals surface area contributed by atoms with Gasteiger partial charge in [-0.3, -0.25) is 0 Å². The normalized spacial score (nSPS) is 16.3. The summed E-state index contributed by atoms with van der Waals surface area (Å²) in [5.74, 6) is 4.79. The van der Waals surface area contributed by atoms with Crippen LogP contribution in [-0.4, -0.2) is 14.2 Å². The van der Waals surface area contributed by atoms with Gasteiger partial charge in [0.25, 0.3) is 0 Å². The molecule has 53 heavy (non-hydrogen) atoms. The largest absolute Gasteiger partial charge is 0.530 e. The van der Waals surface area contributed by atoms with Crippen molar-refractivity contribution >= 4 is 22.3 Å². The zero-order chi connectivity index (χ0) is 37.9. The van der Waals surface area contributed by atoms with Gasteiger partial charge < -0.3 is 32.1 Å². The Labute approximate surface area is 316 Å². The first-order chi connectivity index (χ1) is 25.0. The molecular formula is C44H48O7P2. The van der Waals surface area contributed by atoms with Crippen LogP contribution in [0, 0.1) is 0 Å². The number of fused-ring (bicyclic) bond motifs is 4. The summed E-state index contributed by atoms with van der Waals surface area (Å²) in [5.41, 5.74) is 5.97. The second-order valence-electron chi connectivity index (χ2n) is 16.5. The second-order valence-corrected chi connectivity index (χ2v) is 18.8. The van der Waals surface area contributed by atoms with Gasteiger partial charge in [-0.05, 0) is 75.9 Å². The van der Waals surface area contributed by atoms with Gasteiger partial charge >= 0.3 is 17.0 Å². The standard InChI is InChI=1S/C44H48O7P2/c1-42(2,3)27-20-21-37-38(22-27)49-53(48-37)51-41-33(24-29(46-11)26-35(41)44(7,8)9)32-23-28(45-10)25-34(43(4,5)6)40(32)50-52-39-19-15-13-17-31(39)30-16-12-14-18-36(30)47-52/h12-26H,1-11H3. The lowest BCUT2D eigenvalue weighted by atomic mass is 9.81. The molecule has 5 aromatic rings. The Kier molecular flexibility index (Phi) is 9.58. The topological polar surface area (TPSA) is 64.6 Å². The first-order valence-electron chi connectivity index (χ1n) is 17.8. The molecule has 0 saturated heterocycles. The number of rotatable bonds is 7. The van der Waals surface area contributed by atoms with Crippen LogP contribution in [0.3, 0.4) is 0 Å². The summed E-state index contributed by atoms with van der Waals surface area (Å²) in [6, 6.07) is 30.6. The van der Waals surface area contributed by atoms with Crippen molar-refractivity contribution in [2.75, 3.05) is 14.2 Å². The molecule has 2 aliphatic rings.